The van der Waals surface area contributed by atoms with E-state index in [0.29, 0.717) is 33.0 Å². The SMILES string of the molecule is Cc1ccccc1CNCc1ccc(OCCOc2ccccc2)cc1OCCOc1ccccc1. The fourth-order valence-electron chi connectivity index (χ4n) is 3.71. The normalized spacial score (nSPS) is 10.6. The highest BCUT2D eigenvalue weighted by atomic mass is 16.5. The Labute approximate surface area is 213 Å². The minimum atomic E-state index is 0.431. The van der Waals surface area contributed by atoms with Gasteiger partial charge in [0.1, 0.15) is 49.4 Å². The molecule has 0 atom stereocenters. The van der Waals surface area contributed by atoms with Gasteiger partial charge in [-0.3, -0.25) is 0 Å². The van der Waals surface area contributed by atoms with Gasteiger partial charge in [-0.2, -0.15) is 0 Å². The Morgan fingerprint density at radius 3 is 1.67 bits per heavy atom. The van der Waals surface area contributed by atoms with Gasteiger partial charge in [0.25, 0.3) is 0 Å². The average Bonchev–Trinajstić information content (AvgIpc) is 2.92. The fourth-order valence-corrected chi connectivity index (χ4v) is 3.71. The number of aryl methyl sites for hydroxylation is 1. The number of hydrogen-bond acceptors (Lipinski definition) is 5. The van der Waals surface area contributed by atoms with E-state index in [1.54, 1.807) is 0 Å². The molecule has 0 saturated carbocycles. The van der Waals surface area contributed by atoms with E-state index in [0.717, 1.165) is 35.1 Å². The molecule has 0 unspecified atom stereocenters. The van der Waals surface area contributed by atoms with Crippen molar-refractivity contribution in [1.82, 2.24) is 5.32 Å². The second-order valence-corrected chi connectivity index (χ2v) is 8.32. The molecule has 4 aromatic rings. The van der Waals surface area contributed by atoms with Crippen molar-refractivity contribution in [1.29, 1.82) is 0 Å². The molecular formula is C31H33NO4. The predicted octanol–water partition coefficient (Wildman–Crippen LogP) is 6.20. The molecule has 1 N–H and O–H groups in total. The summed E-state index contributed by atoms with van der Waals surface area (Å²) in [5.41, 5.74) is 3.63. The molecule has 4 rings (SSSR count). The number of rotatable bonds is 14. The van der Waals surface area contributed by atoms with E-state index in [4.69, 9.17) is 18.9 Å². The Bertz CT molecular complexity index is 1180. The maximum absolute atomic E-state index is 6.13. The van der Waals surface area contributed by atoms with Gasteiger partial charge in [-0.05, 0) is 48.4 Å². The van der Waals surface area contributed by atoms with Gasteiger partial charge in [0.2, 0.25) is 0 Å². The minimum absolute atomic E-state index is 0.431. The zero-order chi connectivity index (χ0) is 24.8. The van der Waals surface area contributed by atoms with Crippen LogP contribution in [-0.4, -0.2) is 26.4 Å². The van der Waals surface area contributed by atoms with Crippen molar-refractivity contribution in [3.05, 3.63) is 120 Å². The van der Waals surface area contributed by atoms with E-state index in [1.165, 1.54) is 11.1 Å². The standard InChI is InChI=1S/C31H33NO4/c1-25-10-8-9-11-26(25)23-32-24-27-16-17-30(35-19-18-33-28-12-4-2-5-13-28)22-31(27)36-21-20-34-29-14-6-3-7-15-29/h2-17,22,32H,18-21,23-24H2,1H3. The summed E-state index contributed by atoms with van der Waals surface area (Å²) in [6.45, 7) is 5.39. The van der Waals surface area contributed by atoms with Gasteiger partial charge in [-0.25, -0.2) is 0 Å². The van der Waals surface area contributed by atoms with Crippen molar-refractivity contribution in [2.75, 3.05) is 26.4 Å². The lowest BCUT2D eigenvalue weighted by molar-refractivity contribution is 0.208. The monoisotopic (exact) mass is 483 g/mol. The summed E-state index contributed by atoms with van der Waals surface area (Å²) in [6.07, 6.45) is 0. The molecule has 0 radical (unpaired) electrons. The molecule has 0 saturated heterocycles. The molecule has 0 fully saturated rings. The molecule has 0 bridgehead atoms. The Kier molecular flexibility index (Phi) is 9.64. The van der Waals surface area contributed by atoms with Crippen molar-refractivity contribution in [3.63, 3.8) is 0 Å². The van der Waals surface area contributed by atoms with E-state index in [9.17, 15) is 0 Å². The average molecular weight is 484 g/mol. The number of hydrogen-bond donors (Lipinski definition) is 1. The quantitative estimate of drug-likeness (QED) is 0.216. The Morgan fingerprint density at radius 1 is 0.500 bits per heavy atom. The van der Waals surface area contributed by atoms with E-state index < -0.39 is 0 Å². The summed E-state index contributed by atoms with van der Waals surface area (Å²) in [5, 5.41) is 3.53. The van der Waals surface area contributed by atoms with Gasteiger partial charge < -0.3 is 24.3 Å². The molecule has 5 heteroatoms. The van der Waals surface area contributed by atoms with Gasteiger partial charge in [0.05, 0.1) is 0 Å². The van der Waals surface area contributed by atoms with Crippen LogP contribution in [0.15, 0.2) is 103 Å². The first-order valence-electron chi connectivity index (χ1n) is 12.3. The number of ether oxygens (including phenoxy) is 4. The van der Waals surface area contributed by atoms with E-state index >= 15 is 0 Å². The molecule has 0 aromatic heterocycles. The van der Waals surface area contributed by atoms with Crippen LogP contribution in [0.5, 0.6) is 23.0 Å². The third-order valence-corrected chi connectivity index (χ3v) is 5.65. The van der Waals surface area contributed by atoms with Crippen molar-refractivity contribution in [2.24, 2.45) is 0 Å². The molecule has 0 aliphatic rings. The molecule has 0 spiro atoms. The van der Waals surface area contributed by atoms with Crippen LogP contribution >= 0.6 is 0 Å². The molecule has 0 aliphatic carbocycles. The second-order valence-electron chi connectivity index (χ2n) is 8.32. The summed E-state index contributed by atoms with van der Waals surface area (Å²) in [4.78, 5) is 0. The molecule has 186 valence electrons. The summed E-state index contributed by atoms with van der Waals surface area (Å²) in [6, 6.07) is 33.9. The van der Waals surface area contributed by atoms with Crippen molar-refractivity contribution < 1.29 is 18.9 Å². The van der Waals surface area contributed by atoms with Crippen LogP contribution in [0.1, 0.15) is 16.7 Å². The van der Waals surface area contributed by atoms with Crippen LogP contribution in [0.4, 0.5) is 0 Å². The van der Waals surface area contributed by atoms with Gasteiger partial charge in [-0.15, -0.1) is 0 Å². The number of para-hydroxylation sites is 2. The molecule has 4 aromatic carbocycles. The maximum atomic E-state index is 6.13. The van der Waals surface area contributed by atoms with Gasteiger partial charge in [0, 0.05) is 24.7 Å². The lowest BCUT2D eigenvalue weighted by atomic mass is 10.1. The smallest absolute Gasteiger partial charge is 0.127 e. The van der Waals surface area contributed by atoms with Crippen LogP contribution < -0.4 is 24.3 Å². The molecule has 0 amide bonds. The third kappa shape index (κ3) is 8.07. The summed E-state index contributed by atoms with van der Waals surface area (Å²) in [5.74, 6) is 3.19. The number of nitrogens with one attached hydrogen (secondary N) is 1. The van der Waals surface area contributed by atoms with Gasteiger partial charge in [-0.1, -0.05) is 66.7 Å². The molecule has 0 aliphatic heterocycles. The van der Waals surface area contributed by atoms with E-state index in [1.807, 2.05) is 78.9 Å². The predicted molar refractivity (Wildman–Crippen MR) is 143 cm³/mol. The first kappa shape index (κ1) is 25.1. The topological polar surface area (TPSA) is 49.0 Å². The zero-order valence-electron chi connectivity index (χ0n) is 20.7. The molecule has 0 heterocycles. The van der Waals surface area contributed by atoms with Crippen molar-refractivity contribution >= 4 is 0 Å². The van der Waals surface area contributed by atoms with E-state index in [2.05, 4.69) is 36.5 Å². The first-order chi connectivity index (χ1) is 17.8. The van der Waals surface area contributed by atoms with Crippen LogP contribution in [-0.2, 0) is 13.1 Å². The van der Waals surface area contributed by atoms with Crippen LogP contribution in [0.2, 0.25) is 0 Å². The van der Waals surface area contributed by atoms with Crippen molar-refractivity contribution in [2.45, 2.75) is 20.0 Å². The molecule has 5 nitrogen and oxygen atoms in total. The lowest BCUT2D eigenvalue weighted by Crippen LogP contribution is -2.16. The third-order valence-electron chi connectivity index (χ3n) is 5.65. The van der Waals surface area contributed by atoms with Gasteiger partial charge >= 0.3 is 0 Å². The Morgan fingerprint density at radius 2 is 1.03 bits per heavy atom. The zero-order valence-corrected chi connectivity index (χ0v) is 20.7. The highest BCUT2D eigenvalue weighted by molar-refractivity contribution is 5.41. The largest absolute Gasteiger partial charge is 0.490 e. The first-order valence-corrected chi connectivity index (χ1v) is 12.3. The fraction of sp³-hybridized carbons (Fsp3) is 0.226. The molecule has 36 heavy (non-hydrogen) atoms. The summed E-state index contributed by atoms with van der Waals surface area (Å²) < 4.78 is 23.6. The van der Waals surface area contributed by atoms with Crippen LogP contribution in [0.3, 0.4) is 0 Å². The Hall–Kier alpha value is -3.96. The maximum Gasteiger partial charge on any atom is 0.127 e. The highest BCUT2D eigenvalue weighted by Gasteiger charge is 2.08. The lowest BCUT2D eigenvalue weighted by Gasteiger charge is -2.15. The van der Waals surface area contributed by atoms with Gasteiger partial charge in [0.15, 0.2) is 0 Å². The molecular weight excluding hydrogens is 450 g/mol. The highest BCUT2D eigenvalue weighted by Crippen LogP contribution is 2.25. The Balaban J connectivity index is 1.33. The van der Waals surface area contributed by atoms with Crippen molar-refractivity contribution in [3.8, 4) is 23.0 Å². The van der Waals surface area contributed by atoms with Crippen LogP contribution in [0, 0.1) is 6.92 Å². The summed E-state index contributed by atoms with van der Waals surface area (Å²) in [7, 11) is 0. The number of benzene rings is 4. The summed E-state index contributed by atoms with van der Waals surface area (Å²) >= 11 is 0. The minimum Gasteiger partial charge on any atom is -0.490 e. The second kappa shape index (κ2) is 13.8. The van der Waals surface area contributed by atoms with E-state index in [-0.39, 0.29) is 0 Å². The van der Waals surface area contributed by atoms with Crippen LogP contribution in [0.25, 0.3) is 0 Å².